The molecule has 7 heteroatoms. The molecule has 2 atom stereocenters. The van der Waals surface area contributed by atoms with Gasteiger partial charge < -0.3 is 19.9 Å². The molecule has 7 nitrogen and oxygen atoms in total. The Morgan fingerprint density at radius 1 is 1.25 bits per heavy atom. The van der Waals surface area contributed by atoms with Crippen LogP contribution in [0.5, 0.6) is 5.88 Å². The third-order valence-corrected chi connectivity index (χ3v) is 4.82. The van der Waals surface area contributed by atoms with Gasteiger partial charge in [0.15, 0.2) is 0 Å². The van der Waals surface area contributed by atoms with Gasteiger partial charge >= 0.3 is 0 Å². The summed E-state index contributed by atoms with van der Waals surface area (Å²) in [5.41, 5.74) is 0. The van der Waals surface area contributed by atoms with E-state index in [9.17, 15) is 4.79 Å². The van der Waals surface area contributed by atoms with E-state index >= 15 is 0 Å². The molecule has 2 unspecified atom stereocenters. The number of hydrogen-bond acceptors (Lipinski definition) is 6. The maximum absolute atomic E-state index is 12.8. The third kappa shape index (κ3) is 3.77. The zero-order chi connectivity index (χ0) is 17.1. The molecular formula is C17H27N5O2. The Bertz CT molecular complexity index is 564. The largest absolute Gasteiger partial charge is 0.481 e. The lowest BCUT2D eigenvalue weighted by Gasteiger charge is -2.39. The van der Waals surface area contributed by atoms with Gasteiger partial charge in [0.05, 0.1) is 7.11 Å². The SMILES string of the molecule is COc1ccnc(N2CCC(C(=O)N3CC(C)NC(C)C3)CC2)n1. The van der Waals surface area contributed by atoms with Crippen LogP contribution in [-0.4, -0.2) is 66.1 Å². The van der Waals surface area contributed by atoms with Gasteiger partial charge in [-0.05, 0) is 26.7 Å². The number of methoxy groups -OCH3 is 1. The summed E-state index contributed by atoms with van der Waals surface area (Å²) in [6.45, 7) is 7.50. The van der Waals surface area contributed by atoms with Crippen molar-refractivity contribution < 1.29 is 9.53 Å². The molecule has 2 aliphatic rings. The van der Waals surface area contributed by atoms with Gasteiger partial charge in [-0.2, -0.15) is 4.98 Å². The molecule has 24 heavy (non-hydrogen) atoms. The van der Waals surface area contributed by atoms with Gasteiger partial charge in [-0.3, -0.25) is 4.79 Å². The van der Waals surface area contributed by atoms with Crippen LogP contribution in [0.3, 0.4) is 0 Å². The van der Waals surface area contributed by atoms with E-state index in [1.807, 2.05) is 4.90 Å². The topological polar surface area (TPSA) is 70.6 Å². The Kier molecular flexibility index (Phi) is 5.18. The number of ether oxygens (including phenoxy) is 1. The van der Waals surface area contributed by atoms with Crippen LogP contribution in [0.15, 0.2) is 12.3 Å². The normalized spacial score (nSPS) is 25.6. The minimum atomic E-state index is 0.115. The summed E-state index contributed by atoms with van der Waals surface area (Å²) in [5, 5.41) is 3.48. The molecule has 0 radical (unpaired) electrons. The van der Waals surface area contributed by atoms with E-state index in [1.54, 1.807) is 19.4 Å². The predicted octanol–water partition coefficient (Wildman–Crippen LogP) is 0.910. The number of anilines is 1. The van der Waals surface area contributed by atoms with Crippen LogP contribution < -0.4 is 15.0 Å². The standard InChI is InChI=1S/C17H27N5O2/c1-12-10-22(11-13(2)19-12)16(23)14-5-8-21(9-6-14)17-18-7-4-15(20-17)24-3/h4,7,12-14,19H,5-6,8-11H2,1-3H3. The highest BCUT2D eigenvalue weighted by Crippen LogP contribution is 2.24. The Balaban J connectivity index is 1.57. The monoisotopic (exact) mass is 333 g/mol. The Morgan fingerprint density at radius 2 is 1.92 bits per heavy atom. The van der Waals surface area contributed by atoms with Crippen molar-refractivity contribution in [3.8, 4) is 5.88 Å². The summed E-state index contributed by atoms with van der Waals surface area (Å²) in [4.78, 5) is 25.7. The zero-order valence-corrected chi connectivity index (χ0v) is 14.7. The number of hydrogen-bond donors (Lipinski definition) is 1. The summed E-state index contributed by atoms with van der Waals surface area (Å²) in [6, 6.07) is 2.47. The number of nitrogens with zero attached hydrogens (tertiary/aromatic N) is 4. The van der Waals surface area contributed by atoms with Crippen LogP contribution in [0.4, 0.5) is 5.95 Å². The number of rotatable bonds is 3. The molecule has 0 aromatic carbocycles. The molecule has 1 N–H and O–H groups in total. The number of piperidine rings is 1. The molecule has 3 heterocycles. The first-order valence-corrected chi connectivity index (χ1v) is 8.73. The lowest BCUT2D eigenvalue weighted by atomic mass is 9.94. The van der Waals surface area contributed by atoms with Crippen molar-refractivity contribution in [3.63, 3.8) is 0 Å². The Labute approximate surface area is 143 Å². The van der Waals surface area contributed by atoms with Crippen molar-refractivity contribution in [2.45, 2.75) is 38.8 Å². The molecule has 3 rings (SSSR count). The predicted molar refractivity (Wildman–Crippen MR) is 92.2 cm³/mol. The second-order valence-electron chi connectivity index (χ2n) is 6.87. The highest BCUT2D eigenvalue weighted by Gasteiger charge is 2.32. The zero-order valence-electron chi connectivity index (χ0n) is 14.7. The first kappa shape index (κ1) is 17.0. The number of amides is 1. The maximum Gasteiger partial charge on any atom is 0.228 e. The summed E-state index contributed by atoms with van der Waals surface area (Å²) < 4.78 is 5.16. The van der Waals surface area contributed by atoms with Gasteiger partial charge in [0.25, 0.3) is 0 Å². The van der Waals surface area contributed by atoms with Crippen molar-refractivity contribution in [2.75, 3.05) is 38.2 Å². The Hall–Kier alpha value is -1.89. The highest BCUT2D eigenvalue weighted by atomic mass is 16.5. The average molecular weight is 333 g/mol. The molecule has 1 amide bonds. The highest BCUT2D eigenvalue weighted by molar-refractivity contribution is 5.79. The second-order valence-corrected chi connectivity index (χ2v) is 6.87. The molecule has 132 valence electrons. The van der Waals surface area contributed by atoms with Gasteiger partial charge in [0.2, 0.25) is 17.7 Å². The third-order valence-electron chi connectivity index (χ3n) is 4.82. The van der Waals surface area contributed by atoms with Gasteiger partial charge in [-0.25, -0.2) is 4.98 Å². The summed E-state index contributed by atoms with van der Waals surface area (Å²) in [5.74, 6) is 1.68. The van der Waals surface area contributed by atoms with Crippen molar-refractivity contribution in [1.29, 1.82) is 0 Å². The number of aromatic nitrogens is 2. The van der Waals surface area contributed by atoms with Crippen molar-refractivity contribution in [3.05, 3.63) is 12.3 Å². The maximum atomic E-state index is 12.8. The summed E-state index contributed by atoms with van der Waals surface area (Å²) in [6.07, 6.45) is 3.42. The summed E-state index contributed by atoms with van der Waals surface area (Å²) >= 11 is 0. The average Bonchev–Trinajstić information content (AvgIpc) is 2.60. The van der Waals surface area contributed by atoms with E-state index in [0.717, 1.165) is 39.0 Å². The van der Waals surface area contributed by atoms with Crippen LogP contribution >= 0.6 is 0 Å². The van der Waals surface area contributed by atoms with E-state index in [2.05, 4.69) is 34.0 Å². The fourth-order valence-corrected chi connectivity index (χ4v) is 3.69. The molecule has 2 fully saturated rings. The second kappa shape index (κ2) is 7.34. The molecular weight excluding hydrogens is 306 g/mol. The summed E-state index contributed by atoms with van der Waals surface area (Å²) in [7, 11) is 1.60. The minimum absolute atomic E-state index is 0.115. The Morgan fingerprint density at radius 3 is 2.54 bits per heavy atom. The lowest BCUT2D eigenvalue weighted by molar-refractivity contribution is -0.138. The number of carbonyl (C=O) groups excluding carboxylic acids is 1. The molecule has 0 spiro atoms. The lowest BCUT2D eigenvalue weighted by Crippen LogP contribution is -2.57. The van der Waals surface area contributed by atoms with Crippen molar-refractivity contribution in [2.24, 2.45) is 5.92 Å². The number of piperazine rings is 1. The van der Waals surface area contributed by atoms with E-state index < -0.39 is 0 Å². The van der Waals surface area contributed by atoms with E-state index in [4.69, 9.17) is 4.74 Å². The molecule has 0 saturated carbocycles. The first-order valence-electron chi connectivity index (χ1n) is 8.73. The fourth-order valence-electron chi connectivity index (χ4n) is 3.69. The van der Waals surface area contributed by atoms with Crippen LogP contribution in [0.25, 0.3) is 0 Å². The van der Waals surface area contributed by atoms with Crippen molar-refractivity contribution in [1.82, 2.24) is 20.2 Å². The molecule has 0 bridgehead atoms. The van der Waals surface area contributed by atoms with Crippen LogP contribution in [-0.2, 0) is 4.79 Å². The smallest absolute Gasteiger partial charge is 0.228 e. The number of nitrogens with one attached hydrogen (secondary N) is 1. The molecule has 0 aliphatic carbocycles. The van der Waals surface area contributed by atoms with E-state index in [1.165, 1.54) is 0 Å². The van der Waals surface area contributed by atoms with Gasteiger partial charge in [0.1, 0.15) is 0 Å². The molecule has 2 aliphatic heterocycles. The molecule has 2 saturated heterocycles. The van der Waals surface area contributed by atoms with Crippen LogP contribution in [0, 0.1) is 5.92 Å². The van der Waals surface area contributed by atoms with Gasteiger partial charge in [0, 0.05) is 56.4 Å². The van der Waals surface area contributed by atoms with E-state index in [0.29, 0.717) is 29.8 Å². The van der Waals surface area contributed by atoms with Crippen LogP contribution in [0.2, 0.25) is 0 Å². The number of carbonyl (C=O) groups is 1. The minimum Gasteiger partial charge on any atom is -0.481 e. The van der Waals surface area contributed by atoms with Gasteiger partial charge in [-0.1, -0.05) is 0 Å². The quantitative estimate of drug-likeness (QED) is 0.887. The van der Waals surface area contributed by atoms with Gasteiger partial charge in [-0.15, -0.1) is 0 Å². The molecule has 1 aromatic heterocycles. The van der Waals surface area contributed by atoms with Crippen molar-refractivity contribution >= 4 is 11.9 Å². The first-order chi connectivity index (χ1) is 11.6. The molecule has 1 aromatic rings. The fraction of sp³-hybridized carbons (Fsp3) is 0.706. The van der Waals surface area contributed by atoms with E-state index in [-0.39, 0.29) is 5.92 Å². The van der Waals surface area contributed by atoms with Crippen LogP contribution in [0.1, 0.15) is 26.7 Å².